The van der Waals surface area contributed by atoms with E-state index < -0.39 is 12.4 Å². The van der Waals surface area contributed by atoms with Crippen LogP contribution in [0.3, 0.4) is 0 Å². The lowest BCUT2D eigenvalue weighted by molar-refractivity contribution is -0.223. The monoisotopic (exact) mass is 281 g/mol. The molecule has 0 radical (unpaired) electrons. The van der Waals surface area contributed by atoms with Gasteiger partial charge in [0.1, 0.15) is 0 Å². The molecule has 20 heavy (non-hydrogen) atoms. The predicted octanol–water partition coefficient (Wildman–Crippen LogP) is 0.604. The van der Waals surface area contributed by atoms with E-state index >= 15 is 0 Å². The molecule has 0 saturated carbocycles. The summed E-state index contributed by atoms with van der Waals surface area (Å²) < 4.78 is 11.3. The Morgan fingerprint density at radius 1 is 1.30 bits per heavy atom. The molecule has 0 aliphatic carbocycles. The van der Waals surface area contributed by atoms with Gasteiger partial charge in [-0.25, -0.2) is 0 Å². The van der Waals surface area contributed by atoms with Crippen LogP contribution < -0.4 is 5.73 Å². The van der Waals surface area contributed by atoms with Crippen molar-refractivity contribution in [2.45, 2.75) is 37.3 Å². The van der Waals surface area contributed by atoms with Crippen LogP contribution in [0.4, 0.5) is 0 Å². The van der Waals surface area contributed by atoms with E-state index in [2.05, 4.69) is 0 Å². The van der Waals surface area contributed by atoms with Gasteiger partial charge in [-0.15, -0.1) is 0 Å². The van der Waals surface area contributed by atoms with Crippen LogP contribution in [0.2, 0.25) is 0 Å². The Morgan fingerprint density at radius 2 is 2.05 bits per heavy atom. The summed E-state index contributed by atoms with van der Waals surface area (Å²) in [6.07, 6.45) is -0.429. The van der Waals surface area contributed by atoms with Gasteiger partial charge in [0.15, 0.2) is 6.29 Å². The second-order valence-corrected chi connectivity index (χ2v) is 5.17. The molecule has 2 rings (SSSR count). The molecule has 1 fully saturated rings. The topological polar surface area (TPSA) is 84.9 Å². The van der Waals surface area contributed by atoms with Gasteiger partial charge in [-0.2, -0.15) is 0 Å². The number of hydrogen-bond donors (Lipinski definition) is 3. The van der Waals surface area contributed by atoms with E-state index in [1.54, 1.807) is 0 Å². The van der Waals surface area contributed by atoms with Crippen LogP contribution in [0.25, 0.3) is 0 Å². The van der Waals surface area contributed by atoms with Gasteiger partial charge in [0.2, 0.25) is 0 Å². The lowest BCUT2D eigenvalue weighted by atomic mass is 10.0. The second kappa shape index (κ2) is 7.71. The number of benzene rings is 1. The average molecular weight is 281 g/mol. The van der Waals surface area contributed by atoms with E-state index in [4.69, 9.17) is 20.3 Å². The molecule has 5 nitrogen and oxygen atoms in total. The maximum atomic E-state index is 9.72. The van der Waals surface area contributed by atoms with Crippen LogP contribution in [0.1, 0.15) is 24.3 Å². The van der Waals surface area contributed by atoms with Crippen molar-refractivity contribution in [3.05, 3.63) is 35.9 Å². The molecule has 0 amide bonds. The molecule has 1 aromatic carbocycles. The Balaban J connectivity index is 1.87. The number of hydrogen-bond acceptors (Lipinski definition) is 5. The van der Waals surface area contributed by atoms with Crippen LogP contribution in [0.5, 0.6) is 0 Å². The normalized spacial score (nSPS) is 28.2. The summed E-state index contributed by atoms with van der Waals surface area (Å²) in [6.45, 7) is 0.828. The molecular weight excluding hydrogens is 258 g/mol. The summed E-state index contributed by atoms with van der Waals surface area (Å²) >= 11 is 0. The minimum Gasteiger partial charge on any atom is -0.394 e. The van der Waals surface area contributed by atoms with Crippen molar-refractivity contribution in [2.75, 3.05) is 19.8 Å². The van der Waals surface area contributed by atoms with Crippen molar-refractivity contribution in [2.24, 2.45) is 5.73 Å². The molecule has 0 spiro atoms. The number of ether oxygens (including phenoxy) is 2. The van der Waals surface area contributed by atoms with Crippen LogP contribution in [-0.4, -0.2) is 48.5 Å². The van der Waals surface area contributed by atoms with Crippen molar-refractivity contribution in [1.29, 1.82) is 0 Å². The highest BCUT2D eigenvalue weighted by Crippen LogP contribution is 2.22. The Bertz CT molecular complexity index is 387. The molecule has 1 aliphatic heterocycles. The van der Waals surface area contributed by atoms with Crippen molar-refractivity contribution in [1.82, 2.24) is 0 Å². The van der Waals surface area contributed by atoms with Crippen molar-refractivity contribution in [3.8, 4) is 0 Å². The molecule has 1 aromatic rings. The zero-order valence-corrected chi connectivity index (χ0v) is 11.5. The number of nitrogens with two attached hydrogens (primary N) is 1. The van der Waals surface area contributed by atoms with E-state index in [9.17, 15) is 5.11 Å². The molecule has 0 aromatic heterocycles. The third-order valence-electron chi connectivity index (χ3n) is 3.59. The third-order valence-corrected chi connectivity index (χ3v) is 3.59. The maximum Gasteiger partial charge on any atom is 0.160 e. The quantitative estimate of drug-likeness (QED) is 0.711. The maximum absolute atomic E-state index is 9.72. The summed E-state index contributed by atoms with van der Waals surface area (Å²) in [6, 6.07) is 9.95. The number of rotatable bonds is 6. The minimum absolute atomic E-state index is 0.101. The standard InChI is InChI=1S/C15H23NO4/c16-8-12(11-4-2-1-3-5-11)10-19-15-7-13(18)6-14(9-17)20-15/h1-5,12-15,17-18H,6-10,16H2/t12?,13-,14-,15+/m0/s1. The molecule has 0 bridgehead atoms. The van der Waals surface area contributed by atoms with Gasteiger partial charge in [0, 0.05) is 25.3 Å². The van der Waals surface area contributed by atoms with E-state index in [0.29, 0.717) is 26.0 Å². The average Bonchev–Trinajstić information content (AvgIpc) is 2.48. The smallest absolute Gasteiger partial charge is 0.160 e. The van der Waals surface area contributed by atoms with Crippen LogP contribution >= 0.6 is 0 Å². The second-order valence-electron chi connectivity index (χ2n) is 5.17. The highest BCUT2D eigenvalue weighted by molar-refractivity contribution is 5.19. The van der Waals surface area contributed by atoms with Crippen LogP contribution in [0.15, 0.2) is 30.3 Å². The molecule has 1 heterocycles. The zero-order valence-electron chi connectivity index (χ0n) is 11.5. The molecule has 1 unspecified atom stereocenters. The highest BCUT2D eigenvalue weighted by Gasteiger charge is 2.29. The predicted molar refractivity (Wildman–Crippen MR) is 75.2 cm³/mol. The van der Waals surface area contributed by atoms with Gasteiger partial charge in [0.25, 0.3) is 0 Å². The number of aliphatic hydroxyl groups is 2. The molecule has 4 atom stereocenters. The van der Waals surface area contributed by atoms with Crippen molar-refractivity contribution in [3.63, 3.8) is 0 Å². The Kier molecular flexibility index (Phi) is 5.94. The first-order valence-corrected chi connectivity index (χ1v) is 7.04. The van der Waals surface area contributed by atoms with Crippen molar-refractivity contribution >= 4 is 0 Å². The largest absolute Gasteiger partial charge is 0.394 e. The van der Waals surface area contributed by atoms with Crippen LogP contribution in [0, 0.1) is 0 Å². The van der Waals surface area contributed by atoms with Gasteiger partial charge in [-0.1, -0.05) is 30.3 Å². The highest BCUT2D eigenvalue weighted by atomic mass is 16.7. The summed E-state index contributed by atoms with van der Waals surface area (Å²) in [5, 5.41) is 18.8. The fourth-order valence-electron chi connectivity index (χ4n) is 2.42. The molecule has 1 saturated heterocycles. The Morgan fingerprint density at radius 3 is 2.70 bits per heavy atom. The fourth-order valence-corrected chi connectivity index (χ4v) is 2.42. The summed E-state index contributed by atoms with van der Waals surface area (Å²) in [5.41, 5.74) is 6.92. The lowest BCUT2D eigenvalue weighted by Crippen LogP contribution is -2.39. The van der Waals surface area contributed by atoms with Gasteiger partial charge < -0.3 is 25.4 Å². The van der Waals surface area contributed by atoms with Gasteiger partial charge >= 0.3 is 0 Å². The van der Waals surface area contributed by atoms with E-state index in [-0.39, 0.29) is 18.6 Å². The van der Waals surface area contributed by atoms with Gasteiger partial charge in [-0.3, -0.25) is 0 Å². The Labute approximate surface area is 119 Å². The summed E-state index contributed by atoms with van der Waals surface area (Å²) in [7, 11) is 0. The first-order chi connectivity index (χ1) is 9.72. The molecular formula is C15H23NO4. The van der Waals surface area contributed by atoms with E-state index in [0.717, 1.165) is 5.56 Å². The molecule has 1 aliphatic rings. The van der Waals surface area contributed by atoms with E-state index in [1.807, 2.05) is 30.3 Å². The number of aliphatic hydroxyl groups excluding tert-OH is 2. The Hall–Kier alpha value is -0.980. The molecule has 112 valence electrons. The van der Waals surface area contributed by atoms with Crippen LogP contribution in [-0.2, 0) is 9.47 Å². The summed E-state index contributed by atoms with van der Waals surface area (Å²) in [5.74, 6) is 0.103. The summed E-state index contributed by atoms with van der Waals surface area (Å²) in [4.78, 5) is 0. The molecule has 4 N–H and O–H groups in total. The van der Waals surface area contributed by atoms with Gasteiger partial charge in [-0.05, 0) is 5.56 Å². The SMILES string of the molecule is NCC(CO[C@H]1C[C@@H](O)C[C@@H](CO)O1)c1ccccc1. The third kappa shape index (κ3) is 4.26. The lowest BCUT2D eigenvalue weighted by Gasteiger charge is -2.32. The van der Waals surface area contributed by atoms with E-state index in [1.165, 1.54) is 0 Å². The van der Waals surface area contributed by atoms with Crippen molar-refractivity contribution < 1.29 is 19.7 Å². The minimum atomic E-state index is -0.487. The molecule has 5 heteroatoms. The first kappa shape index (κ1) is 15.4. The fraction of sp³-hybridized carbons (Fsp3) is 0.600. The first-order valence-electron chi connectivity index (χ1n) is 7.04. The van der Waals surface area contributed by atoms with Gasteiger partial charge in [0.05, 0.1) is 25.4 Å². The zero-order chi connectivity index (χ0) is 14.4.